The zero-order valence-corrected chi connectivity index (χ0v) is 12.5. The summed E-state index contributed by atoms with van der Waals surface area (Å²) in [7, 11) is 0. The van der Waals surface area contributed by atoms with E-state index in [1.165, 1.54) is 22.3 Å². The minimum Gasteiger partial charge on any atom is -0.465 e. The van der Waals surface area contributed by atoms with Crippen LogP contribution in [0, 0.1) is 27.7 Å². The molecular formula is C17H23NO. The third-order valence-corrected chi connectivity index (χ3v) is 3.61. The van der Waals surface area contributed by atoms with E-state index in [1.54, 1.807) is 0 Å². The third-order valence-electron chi connectivity index (χ3n) is 3.61. The maximum Gasteiger partial charge on any atom is 0.120 e. The standard InChI is InChI=1S/C17H23NO/c1-11-8-12(2)16(13(3)9-11)10-18-15(5)17-7-6-14(4)19-17/h6-9,15,18H,10H2,1-5H3. The SMILES string of the molecule is Cc1cc(C)c(CNC(C)c2ccc(C)o2)c(C)c1. The fourth-order valence-electron chi connectivity index (χ4n) is 2.53. The highest BCUT2D eigenvalue weighted by Gasteiger charge is 2.10. The van der Waals surface area contributed by atoms with Crippen LogP contribution >= 0.6 is 0 Å². The van der Waals surface area contributed by atoms with E-state index >= 15 is 0 Å². The highest BCUT2D eigenvalue weighted by Crippen LogP contribution is 2.19. The summed E-state index contributed by atoms with van der Waals surface area (Å²) >= 11 is 0. The van der Waals surface area contributed by atoms with Crippen molar-refractivity contribution in [2.24, 2.45) is 0 Å². The van der Waals surface area contributed by atoms with Gasteiger partial charge in [0, 0.05) is 6.54 Å². The maximum absolute atomic E-state index is 5.65. The Hall–Kier alpha value is -1.54. The first-order chi connectivity index (χ1) is 8.97. The van der Waals surface area contributed by atoms with Gasteiger partial charge in [0.1, 0.15) is 11.5 Å². The molecule has 2 rings (SSSR count). The smallest absolute Gasteiger partial charge is 0.120 e. The maximum atomic E-state index is 5.65. The van der Waals surface area contributed by atoms with E-state index in [2.05, 4.69) is 45.1 Å². The summed E-state index contributed by atoms with van der Waals surface area (Å²) in [5.41, 5.74) is 5.43. The van der Waals surface area contributed by atoms with E-state index in [9.17, 15) is 0 Å². The molecule has 0 aliphatic carbocycles. The normalized spacial score (nSPS) is 12.7. The van der Waals surface area contributed by atoms with Gasteiger partial charge in [-0.3, -0.25) is 0 Å². The van der Waals surface area contributed by atoms with E-state index in [0.717, 1.165) is 18.1 Å². The van der Waals surface area contributed by atoms with Crippen LogP contribution in [-0.4, -0.2) is 0 Å². The Bertz CT molecular complexity index is 545. The second-order valence-corrected chi connectivity index (χ2v) is 5.43. The van der Waals surface area contributed by atoms with Gasteiger partial charge < -0.3 is 9.73 Å². The zero-order chi connectivity index (χ0) is 14.0. The van der Waals surface area contributed by atoms with E-state index in [-0.39, 0.29) is 6.04 Å². The summed E-state index contributed by atoms with van der Waals surface area (Å²) in [6.45, 7) is 11.5. The van der Waals surface area contributed by atoms with Crippen molar-refractivity contribution in [3.05, 3.63) is 58.0 Å². The highest BCUT2D eigenvalue weighted by atomic mass is 16.3. The fourth-order valence-corrected chi connectivity index (χ4v) is 2.53. The average molecular weight is 257 g/mol. The molecule has 0 bridgehead atoms. The van der Waals surface area contributed by atoms with Gasteiger partial charge in [0.05, 0.1) is 6.04 Å². The van der Waals surface area contributed by atoms with Crippen molar-refractivity contribution in [1.82, 2.24) is 5.32 Å². The molecule has 2 nitrogen and oxygen atoms in total. The van der Waals surface area contributed by atoms with E-state index in [1.807, 2.05) is 19.1 Å². The van der Waals surface area contributed by atoms with Crippen molar-refractivity contribution in [1.29, 1.82) is 0 Å². The first-order valence-corrected chi connectivity index (χ1v) is 6.84. The Morgan fingerprint density at radius 3 is 2.21 bits per heavy atom. The molecule has 0 saturated carbocycles. The largest absolute Gasteiger partial charge is 0.465 e. The number of furan rings is 1. The van der Waals surface area contributed by atoms with Crippen LogP contribution in [0.25, 0.3) is 0 Å². The Morgan fingerprint density at radius 2 is 1.68 bits per heavy atom. The third kappa shape index (κ3) is 3.27. The second-order valence-electron chi connectivity index (χ2n) is 5.43. The van der Waals surface area contributed by atoms with Crippen LogP contribution in [0.3, 0.4) is 0 Å². The van der Waals surface area contributed by atoms with Crippen molar-refractivity contribution < 1.29 is 4.42 Å². The summed E-state index contributed by atoms with van der Waals surface area (Å²) in [6, 6.07) is 8.77. The minimum absolute atomic E-state index is 0.230. The van der Waals surface area contributed by atoms with Crippen LogP contribution in [0.15, 0.2) is 28.7 Å². The molecule has 1 unspecified atom stereocenters. The summed E-state index contributed by atoms with van der Waals surface area (Å²) in [6.07, 6.45) is 0. The predicted octanol–water partition coefficient (Wildman–Crippen LogP) is 4.36. The number of nitrogens with one attached hydrogen (secondary N) is 1. The number of hydrogen-bond donors (Lipinski definition) is 1. The van der Waals surface area contributed by atoms with Gasteiger partial charge in [0.25, 0.3) is 0 Å². The lowest BCUT2D eigenvalue weighted by atomic mass is 9.99. The Morgan fingerprint density at radius 1 is 1.05 bits per heavy atom. The van der Waals surface area contributed by atoms with Crippen molar-refractivity contribution in [3.8, 4) is 0 Å². The average Bonchev–Trinajstić information content (AvgIpc) is 2.74. The number of aryl methyl sites for hydroxylation is 4. The molecule has 1 aromatic carbocycles. The van der Waals surface area contributed by atoms with Gasteiger partial charge >= 0.3 is 0 Å². The summed E-state index contributed by atoms with van der Waals surface area (Å²) in [5, 5.41) is 3.54. The molecule has 1 N–H and O–H groups in total. The summed E-state index contributed by atoms with van der Waals surface area (Å²) < 4.78 is 5.65. The van der Waals surface area contributed by atoms with E-state index in [0.29, 0.717) is 0 Å². The lowest BCUT2D eigenvalue weighted by Crippen LogP contribution is -2.19. The number of benzene rings is 1. The molecule has 0 radical (unpaired) electrons. The molecule has 2 aromatic rings. The van der Waals surface area contributed by atoms with E-state index in [4.69, 9.17) is 4.42 Å². The highest BCUT2D eigenvalue weighted by molar-refractivity contribution is 5.37. The van der Waals surface area contributed by atoms with Crippen molar-refractivity contribution in [2.75, 3.05) is 0 Å². The molecule has 19 heavy (non-hydrogen) atoms. The zero-order valence-electron chi connectivity index (χ0n) is 12.5. The predicted molar refractivity (Wildman–Crippen MR) is 79.4 cm³/mol. The van der Waals surface area contributed by atoms with Gasteiger partial charge in [-0.25, -0.2) is 0 Å². The van der Waals surface area contributed by atoms with Gasteiger partial charge in [-0.15, -0.1) is 0 Å². The molecular weight excluding hydrogens is 234 g/mol. The Labute approximate surface area is 115 Å². The first-order valence-electron chi connectivity index (χ1n) is 6.84. The monoisotopic (exact) mass is 257 g/mol. The molecule has 0 aliphatic heterocycles. The lowest BCUT2D eigenvalue weighted by molar-refractivity contribution is 0.415. The van der Waals surface area contributed by atoms with Crippen molar-refractivity contribution in [3.63, 3.8) is 0 Å². The molecule has 1 aromatic heterocycles. The van der Waals surface area contributed by atoms with Crippen LogP contribution in [0.2, 0.25) is 0 Å². The Kier molecular flexibility index (Phi) is 4.11. The molecule has 2 heteroatoms. The fraction of sp³-hybridized carbons (Fsp3) is 0.412. The van der Waals surface area contributed by atoms with Crippen LogP contribution in [0.5, 0.6) is 0 Å². The molecule has 0 saturated heterocycles. The molecule has 1 heterocycles. The van der Waals surface area contributed by atoms with Crippen molar-refractivity contribution in [2.45, 2.75) is 47.2 Å². The molecule has 0 spiro atoms. The van der Waals surface area contributed by atoms with Gasteiger partial charge in [-0.2, -0.15) is 0 Å². The summed E-state index contributed by atoms with van der Waals surface area (Å²) in [5.74, 6) is 1.96. The topological polar surface area (TPSA) is 25.2 Å². The van der Waals surface area contributed by atoms with E-state index < -0.39 is 0 Å². The lowest BCUT2D eigenvalue weighted by Gasteiger charge is -2.15. The number of rotatable bonds is 4. The van der Waals surface area contributed by atoms with Crippen molar-refractivity contribution >= 4 is 0 Å². The Balaban J connectivity index is 2.07. The number of hydrogen-bond acceptors (Lipinski definition) is 2. The second kappa shape index (κ2) is 5.62. The minimum atomic E-state index is 0.230. The quantitative estimate of drug-likeness (QED) is 0.880. The molecule has 0 fully saturated rings. The van der Waals surface area contributed by atoms with Crippen LogP contribution < -0.4 is 5.32 Å². The van der Waals surface area contributed by atoms with Gasteiger partial charge in [-0.05, 0) is 63.4 Å². The van der Waals surface area contributed by atoms with Crippen LogP contribution in [-0.2, 0) is 6.54 Å². The molecule has 0 aliphatic rings. The first kappa shape index (κ1) is 13.9. The van der Waals surface area contributed by atoms with Gasteiger partial charge in [0.15, 0.2) is 0 Å². The molecule has 0 amide bonds. The summed E-state index contributed by atoms with van der Waals surface area (Å²) in [4.78, 5) is 0. The molecule has 102 valence electrons. The van der Waals surface area contributed by atoms with Gasteiger partial charge in [0.2, 0.25) is 0 Å². The molecule has 1 atom stereocenters. The van der Waals surface area contributed by atoms with Gasteiger partial charge in [-0.1, -0.05) is 17.7 Å². The van der Waals surface area contributed by atoms with Crippen LogP contribution in [0.1, 0.15) is 46.7 Å². The van der Waals surface area contributed by atoms with Crippen LogP contribution in [0.4, 0.5) is 0 Å².